The molecule has 5 nitrogen and oxygen atoms in total. The number of aromatic nitrogens is 2. The van der Waals surface area contributed by atoms with Crippen LogP contribution in [0.2, 0.25) is 0 Å². The number of hydrogen-bond acceptors (Lipinski definition) is 4. The highest BCUT2D eigenvalue weighted by atomic mass is 32.1. The lowest BCUT2D eigenvalue weighted by atomic mass is 10.2. The van der Waals surface area contributed by atoms with E-state index in [1.54, 1.807) is 4.57 Å². The average Bonchev–Trinajstić information content (AvgIpc) is 2.63. The molecule has 1 saturated heterocycles. The summed E-state index contributed by atoms with van der Waals surface area (Å²) < 4.78 is 7.54. The number of nitrogen functional groups attached to an aromatic ring is 1. The van der Waals surface area contributed by atoms with Gasteiger partial charge in [0.2, 0.25) is 0 Å². The Balaban J connectivity index is 2.27. The lowest BCUT2D eigenvalue weighted by molar-refractivity contribution is 0.0968. The molecular weight excluding hydrogens is 216 g/mol. The molecule has 6 heteroatoms. The summed E-state index contributed by atoms with van der Waals surface area (Å²) in [6.45, 7) is 1.41. The van der Waals surface area contributed by atoms with Crippen LogP contribution in [0.15, 0.2) is 10.9 Å². The molecule has 1 atom stereocenters. The standard InChI is InChI=1S/C9H13N3O2S/c10-7-4-8(13)11-9(15)12(7)5-6-2-1-3-14-6/h4,6H,1-3,5,10H2,(H,11,13,15)/i9+2. The molecule has 0 amide bonds. The Bertz CT molecular complexity index is 459. The van der Waals surface area contributed by atoms with Crippen LogP contribution in [0.5, 0.6) is 0 Å². The Morgan fingerprint density at radius 3 is 3.20 bits per heavy atom. The van der Waals surface area contributed by atoms with Gasteiger partial charge in [-0.25, -0.2) is 0 Å². The minimum Gasteiger partial charge on any atom is -0.385 e. The first kappa shape index (κ1) is 10.4. The normalized spacial score (nSPS) is 20.7. The number of anilines is 1. The first-order valence-electron chi connectivity index (χ1n) is 4.88. The Labute approximate surface area is 91.9 Å². The molecule has 0 bridgehead atoms. The fourth-order valence-electron chi connectivity index (χ4n) is 1.72. The molecule has 0 aromatic carbocycles. The maximum Gasteiger partial charge on any atom is 0.253 e. The highest BCUT2D eigenvalue weighted by Crippen LogP contribution is 2.15. The van der Waals surface area contributed by atoms with Gasteiger partial charge >= 0.3 is 0 Å². The van der Waals surface area contributed by atoms with Crippen LogP contribution in [-0.4, -0.2) is 22.3 Å². The smallest absolute Gasteiger partial charge is 0.253 e. The Morgan fingerprint density at radius 2 is 2.60 bits per heavy atom. The summed E-state index contributed by atoms with van der Waals surface area (Å²) in [7, 11) is 0. The summed E-state index contributed by atoms with van der Waals surface area (Å²) in [4.78, 5) is 13.6. The van der Waals surface area contributed by atoms with Gasteiger partial charge in [-0.1, -0.05) is 0 Å². The summed E-state index contributed by atoms with van der Waals surface area (Å²) >= 11 is 5.03. The first-order chi connectivity index (χ1) is 7.16. The summed E-state index contributed by atoms with van der Waals surface area (Å²) in [5.41, 5.74) is 5.46. The van der Waals surface area contributed by atoms with Crippen molar-refractivity contribution in [2.24, 2.45) is 0 Å². The minimum absolute atomic E-state index is 0.157. The van der Waals surface area contributed by atoms with Gasteiger partial charge in [0, 0.05) is 12.7 Å². The number of rotatable bonds is 2. The molecule has 1 aliphatic rings. The minimum atomic E-state index is -0.263. The molecule has 1 unspecified atom stereocenters. The van der Waals surface area contributed by atoms with Gasteiger partial charge in [0.15, 0.2) is 4.77 Å². The lowest BCUT2D eigenvalue weighted by Gasteiger charge is -2.14. The monoisotopic (exact) mass is 229 g/mol. The largest absolute Gasteiger partial charge is 0.385 e. The van der Waals surface area contributed by atoms with E-state index in [9.17, 15) is 4.79 Å². The second kappa shape index (κ2) is 4.16. The first-order valence-corrected chi connectivity index (χ1v) is 5.29. The van der Waals surface area contributed by atoms with Crippen molar-refractivity contribution in [3.05, 3.63) is 21.2 Å². The number of nitrogens with one attached hydrogen (secondary N) is 1. The van der Waals surface area contributed by atoms with Gasteiger partial charge in [0.05, 0.1) is 12.6 Å². The summed E-state index contributed by atoms with van der Waals surface area (Å²) in [6.07, 6.45) is 2.24. The highest BCUT2D eigenvalue weighted by Gasteiger charge is 2.16. The molecule has 2 heterocycles. The molecule has 0 saturated carbocycles. The lowest BCUT2D eigenvalue weighted by Crippen LogP contribution is -2.22. The van der Waals surface area contributed by atoms with Crippen LogP contribution in [0, 0.1) is 4.77 Å². The van der Waals surface area contributed by atoms with Crippen LogP contribution >= 0.6 is 12.2 Å². The Morgan fingerprint density at radius 1 is 1.80 bits per heavy atom. The number of H-pyrrole nitrogens is 1. The van der Waals surface area contributed by atoms with Crippen molar-refractivity contribution in [3.63, 3.8) is 0 Å². The number of aromatic amines is 1. The Kier molecular flexibility index (Phi) is 2.88. The number of hydrogen-bond donors (Lipinski definition) is 2. The molecule has 3 N–H and O–H groups in total. The van der Waals surface area contributed by atoms with Gasteiger partial charge in [-0.15, -0.1) is 0 Å². The van der Waals surface area contributed by atoms with Crippen molar-refractivity contribution >= 4 is 18.0 Å². The van der Waals surface area contributed by atoms with E-state index >= 15 is 0 Å². The Hall–Kier alpha value is -1.14. The zero-order valence-electron chi connectivity index (χ0n) is 8.23. The average molecular weight is 229 g/mol. The fraction of sp³-hybridized carbons (Fsp3) is 0.556. The topological polar surface area (TPSA) is 73.0 Å². The molecule has 1 fully saturated rings. The molecule has 1 aromatic heterocycles. The molecule has 0 aliphatic carbocycles. The SMILES string of the molecule is Nc1cc(=O)[nH][14c](=S)n1CC1CCCO1. The van der Waals surface area contributed by atoms with E-state index in [0.29, 0.717) is 17.1 Å². The van der Waals surface area contributed by atoms with E-state index in [1.165, 1.54) is 6.07 Å². The van der Waals surface area contributed by atoms with Crippen LogP contribution in [0.4, 0.5) is 5.82 Å². The number of nitrogens with two attached hydrogens (primary N) is 1. The third-order valence-electron chi connectivity index (χ3n) is 2.48. The van der Waals surface area contributed by atoms with Crippen LogP contribution in [0.25, 0.3) is 0 Å². The van der Waals surface area contributed by atoms with Gasteiger partial charge in [0.25, 0.3) is 5.56 Å². The van der Waals surface area contributed by atoms with Crippen LogP contribution in [0.1, 0.15) is 12.8 Å². The zero-order chi connectivity index (χ0) is 10.8. The van der Waals surface area contributed by atoms with E-state index in [2.05, 4.69) is 4.98 Å². The van der Waals surface area contributed by atoms with Crippen LogP contribution in [0.3, 0.4) is 0 Å². The van der Waals surface area contributed by atoms with Gasteiger partial charge in [0.1, 0.15) is 5.82 Å². The molecule has 82 valence electrons. The molecule has 0 spiro atoms. The predicted molar refractivity (Wildman–Crippen MR) is 59.3 cm³/mol. The van der Waals surface area contributed by atoms with Gasteiger partial charge < -0.3 is 15.0 Å². The maximum absolute atomic E-state index is 11.1. The van der Waals surface area contributed by atoms with Crippen molar-refractivity contribution in [1.82, 2.24) is 9.55 Å². The molecular formula is C9H13N3O2S. The maximum atomic E-state index is 11.1. The summed E-state index contributed by atoms with van der Waals surface area (Å²) in [5, 5.41) is 0. The zero-order valence-corrected chi connectivity index (χ0v) is 9.05. The second-order valence-electron chi connectivity index (χ2n) is 3.61. The van der Waals surface area contributed by atoms with E-state index < -0.39 is 0 Å². The van der Waals surface area contributed by atoms with E-state index in [4.69, 9.17) is 22.7 Å². The predicted octanol–water partition coefficient (Wildman–Crippen LogP) is 0.667. The van der Waals surface area contributed by atoms with Crippen LogP contribution < -0.4 is 11.3 Å². The van der Waals surface area contributed by atoms with Gasteiger partial charge in [-0.05, 0) is 25.1 Å². The highest BCUT2D eigenvalue weighted by molar-refractivity contribution is 7.71. The number of ether oxygens (including phenoxy) is 1. The fourth-order valence-corrected chi connectivity index (χ4v) is 2.00. The van der Waals surface area contributed by atoms with Crippen molar-refractivity contribution in [1.29, 1.82) is 0 Å². The van der Waals surface area contributed by atoms with Gasteiger partial charge in [-0.3, -0.25) is 9.78 Å². The van der Waals surface area contributed by atoms with Crippen molar-refractivity contribution in [2.45, 2.75) is 25.5 Å². The third kappa shape index (κ3) is 2.27. The molecule has 1 aromatic rings. The summed E-state index contributed by atoms with van der Waals surface area (Å²) in [6, 6.07) is 1.34. The van der Waals surface area contributed by atoms with E-state index in [0.717, 1.165) is 19.4 Å². The molecule has 15 heavy (non-hydrogen) atoms. The third-order valence-corrected chi connectivity index (χ3v) is 2.80. The van der Waals surface area contributed by atoms with Gasteiger partial charge in [-0.2, -0.15) is 0 Å². The number of nitrogens with zero attached hydrogens (tertiary/aromatic N) is 1. The van der Waals surface area contributed by atoms with Crippen molar-refractivity contribution < 1.29 is 4.74 Å². The second-order valence-corrected chi connectivity index (χ2v) is 4.00. The summed E-state index contributed by atoms with van der Waals surface area (Å²) in [5.74, 6) is 0.388. The van der Waals surface area contributed by atoms with E-state index in [1.807, 2.05) is 0 Å². The molecule has 2 rings (SSSR count). The van der Waals surface area contributed by atoms with Crippen molar-refractivity contribution in [2.75, 3.05) is 12.3 Å². The van der Waals surface area contributed by atoms with Crippen LogP contribution in [-0.2, 0) is 11.3 Å². The quantitative estimate of drug-likeness (QED) is 0.731. The van der Waals surface area contributed by atoms with E-state index in [-0.39, 0.29) is 11.7 Å². The van der Waals surface area contributed by atoms with Crippen molar-refractivity contribution in [3.8, 4) is 0 Å². The molecule has 1 aliphatic heterocycles. The molecule has 0 radical (unpaired) electrons.